The largest absolute Gasteiger partial charge is 0.316 e. The molecule has 0 aromatic heterocycles. The molecule has 2 aromatic carbocycles. The molecule has 1 atom stereocenters. The third-order valence-corrected chi connectivity index (χ3v) is 4.72. The first-order chi connectivity index (χ1) is 10.3. The Kier molecular flexibility index (Phi) is 7.14. The average molecular weight is 320 g/mol. The molecule has 0 radical (unpaired) electrons. The second kappa shape index (κ2) is 9.14. The monoisotopic (exact) mass is 319 g/mol. The van der Waals surface area contributed by atoms with Crippen molar-refractivity contribution in [3.63, 3.8) is 0 Å². The van der Waals surface area contributed by atoms with E-state index in [2.05, 4.69) is 54.7 Å². The van der Waals surface area contributed by atoms with Gasteiger partial charge in [0.05, 0.1) is 0 Å². The molecule has 1 nitrogen and oxygen atoms in total. The highest BCUT2D eigenvalue weighted by Crippen LogP contribution is 2.26. The van der Waals surface area contributed by atoms with Gasteiger partial charge < -0.3 is 5.32 Å². The van der Waals surface area contributed by atoms with Gasteiger partial charge in [0.25, 0.3) is 0 Å². The third kappa shape index (κ3) is 5.74. The van der Waals surface area contributed by atoms with Gasteiger partial charge in [-0.1, -0.05) is 48.9 Å². The van der Waals surface area contributed by atoms with Gasteiger partial charge >= 0.3 is 0 Å². The lowest BCUT2D eigenvalue weighted by Crippen LogP contribution is -2.21. The van der Waals surface area contributed by atoms with Crippen LogP contribution >= 0.6 is 23.4 Å². The van der Waals surface area contributed by atoms with E-state index in [1.807, 2.05) is 23.9 Å². The van der Waals surface area contributed by atoms with E-state index in [0.29, 0.717) is 5.92 Å². The smallest absolute Gasteiger partial charge is 0.0408 e. The van der Waals surface area contributed by atoms with Crippen molar-refractivity contribution < 1.29 is 0 Å². The van der Waals surface area contributed by atoms with E-state index < -0.39 is 0 Å². The van der Waals surface area contributed by atoms with Crippen molar-refractivity contribution in [2.45, 2.75) is 24.2 Å². The van der Waals surface area contributed by atoms with E-state index >= 15 is 0 Å². The zero-order chi connectivity index (χ0) is 14.9. The molecule has 0 fully saturated rings. The van der Waals surface area contributed by atoms with Crippen molar-refractivity contribution in [3.8, 4) is 0 Å². The van der Waals surface area contributed by atoms with Crippen LogP contribution in [0.2, 0.25) is 5.02 Å². The lowest BCUT2D eigenvalue weighted by Gasteiger charge is -2.18. The Bertz CT molecular complexity index is 530. The summed E-state index contributed by atoms with van der Waals surface area (Å²) in [5.74, 6) is 1.63. The second-order valence-corrected chi connectivity index (χ2v) is 6.61. The van der Waals surface area contributed by atoms with Gasteiger partial charge in [0.15, 0.2) is 0 Å². The van der Waals surface area contributed by atoms with Crippen LogP contribution in [0.1, 0.15) is 24.8 Å². The number of rotatable bonds is 8. The van der Waals surface area contributed by atoms with Gasteiger partial charge in [0.2, 0.25) is 0 Å². The Labute approximate surface area is 137 Å². The van der Waals surface area contributed by atoms with Crippen LogP contribution in [-0.4, -0.2) is 18.8 Å². The fourth-order valence-corrected chi connectivity index (χ4v) is 3.49. The fraction of sp³-hybridized carbons (Fsp3) is 0.333. The van der Waals surface area contributed by atoms with Crippen molar-refractivity contribution >= 4 is 23.4 Å². The number of halogens is 1. The maximum atomic E-state index is 6.13. The summed E-state index contributed by atoms with van der Waals surface area (Å²) in [5.41, 5.74) is 1.33. The Morgan fingerprint density at radius 1 is 1.10 bits per heavy atom. The second-order valence-electron chi connectivity index (χ2n) is 5.01. The highest BCUT2D eigenvalue weighted by Gasteiger charge is 2.11. The number of benzene rings is 2. The minimum atomic E-state index is 0.514. The summed E-state index contributed by atoms with van der Waals surface area (Å²) in [7, 11) is 0. The molecule has 112 valence electrons. The normalized spacial score (nSPS) is 12.3. The Balaban J connectivity index is 1.93. The molecule has 3 heteroatoms. The van der Waals surface area contributed by atoms with Crippen molar-refractivity contribution in [2.75, 3.05) is 18.8 Å². The van der Waals surface area contributed by atoms with Gasteiger partial charge in [-0.3, -0.25) is 0 Å². The van der Waals surface area contributed by atoms with Crippen molar-refractivity contribution in [1.29, 1.82) is 0 Å². The van der Waals surface area contributed by atoms with Crippen LogP contribution in [-0.2, 0) is 0 Å². The first-order valence-corrected chi connectivity index (χ1v) is 8.80. The number of nitrogens with one attached hydrogen (secondary N) is 1. The average Bonchev–Trinajstić information content (AvgIpc) is 2.51. The quantitative estimate of drug-likeness (QED) is 0.670. The molecule has 1 N–H and O–H groups in total. The van der Waals surface area contributed by atoms with Crippen molar-refractivity contribution in [2.24, 2.45) is 0 Å². The molecule has 0 heterocycles. The topological polar surface area (TPSA) is 12.0 Å². The van der Waals surface area contributed by atoms with Crippen LogP contribution in [0.25, 0.3) is 0 Å². The number of hydrogen-bond acceptors (Lipinski definition) is 2. The predicted octanol–water partition coefficient (Wildman–Crippen LogP) is 5.22. The lowest BCUT2D eigenvalue weighted by atomic mass is 9.96. The molecular formula is C18H22ClNS. The van der Waals surface area contributed by atoms with Crippen LogP contribution in [0, 0.1) is 0 Å². The molecule has 0 saturated carbocycles. The number of likely N-dealkylation sites (N-methyl/N-ethyl adjacent to an activating group) is 1. The summed E-state index contributed by atoms with van der Waals surface area (Å²) >= 11 is 8.05. The maximum absolute atomic E-state index is 6.13. The number of hydrogen-bond donors (Lipinski definition) is 1. The van der Waals surface area contributed by atoms with Crippen LogP contribution in [0.3, 0.4) is 0 Å². The molecule has 21 heavy (non-hydrogen) atoms. The third-order valence-electron chi connectivity index (χ3n) is 3.44. The van der Waals surface area contributed by atoms with E-state index in [1.165, 1.54) is 10.5 Å². The zero-order valence-corrected chi connectivity index (χ0v) is 14.0. The lowest BCUT2D eigenvalue weighted by molar-refractivity contribution is 0.587. The molecule has 0 aliphatic rings. The Morgan fingerprint density at radius 2 is 1.90 bits per heavy atom. The Morgan fingerprint density at radius 3 is 2.62 bits per heavy atom. The molecule has 0 aliphatic heterocycles. The van der Waals surface area contributed by atoms with E-state index in [-0.39, 0.29) is 0 Å². The van der Waals surface area contributed by atoms with E-state index in [0.717, 1.165) is 30.3 Å². The molecule has 0 amide bonds. The summed E-state index contributed by atoms with van der Waals surface area (Å²) in [6.07, 6.45) is 1.15. The summed E-state index contributed by atoms with van der Waals surface area (Å²) in [6.45, 7) is 4.16. The van der Waals surface area contributed by atoms with Gasteiger partial charge in [-0.15, -0.1) is 11.8 Å². The standard InChI is InChI=1S/C18H22ClNS/c1-2-20-14-16(15-7-6-8-17(19)13-15)11-12-21-18-9-4-3-5-10-18/h3-10,13,16,20H,2,11-12,14H2,1H3. The van der Waals surface area contributed by atoms with Gasteiger partial charge in [-0.2, -0.15) is 0 Å². The van der Waals surface area contributed by atoms with E-state index in [4.69, 9.17) is 11.6 Å². The molecule has 2 rings (SSSR count). The maximum Gasteiger partial charge on any atom is 0.0408 e. The van der Waals surface area contributed by atoms with Gasteiger partial charge in [-0.25, -0.2) is 0 Å². The first-order valence-electron chi connectivity index (χ1n) is 7.43. The molecule has 1 unspecified atom stereocenters. The van der Waals surface area contributed by atoms with Gasteiger partial charge in [-0.05, 0) is 54.5 Å². The van der Waals surface area contributed by atoms with Crippen molar-refractivity contribution in [1.82, 2.24) is 5.32 Å². The molecule has 2 aromatic rings. The molecular weight excluding hydrogens is 298 g/mol. The zero-order valence-electron chi connectivity index (χ0n) is 12.4. The van der Waals surface area contributed by atoms with Crippen LogP contribution in [0.4, 0.5) is 0 Å². The van der Waals surface area contributed by atoms with Crippen LogP contribution < -0.4 is 5.32 Å². The van der Waals surface area contributed by atoms with E-state index in [1.54, 1.807) is 0 Å². The summed E-state index contributed by atoms with van der Waals surface area (Å²) < 4.78 is 0. The predicted molar refractivity (Wildman–Crippen MR) is 94.5 cm³/mol. The SMILES string of the molecule is CCNCC(CCSc1ccccc1)c1cccc(Cl)c1. The minimum Gasteiger partial charge on any atom is -0.316 e. The minimum absolute atomic E-state index is 0.514. The highest BCUT2D eigenvalue weighted by molar-refractivity contribution is 7.99. The first kappa shape index (κ1) is 16.4. The van der Waals surface area contributed by atoms with Crippen LogP contribution in [0.15, 0.2) is 59.5 Å². The molecule has 0 spiro atoms. The summed E-state index contributed by atoms with van der Waals surface area (Å²) in [6, 6.07) is 18.8. The molecule has 0 aliphatic carbocycles. The molecule has 0 bridgehead atoms. The summed E-state index contributed by atoms with van der Waals surface area (Å²) in [5, 5.41) is 4.29. The highest BCUT2D eigenvalue weighted by atomic mass is 35.5. The number of thioether (sulfide) groups is 1. The van der Waals surface area contributed by atoms with Crippen LogP contribution in [0.5, 0.6) is 0 Å². The summed E-state index contributed by atoms with van der Waals surface area (Å²) in [4.78, 5) is 1.34. The molecule has 0 saturated heterocycles. The van der Waals surface area contributed by atoms with Crippen molar-refractivity contribution in [3.05, 3.63) is 65.2 Å². The van der Waals surface area contributed by atoms with Gasteiger partial charge in [0.1, 0.15) is 0 Å². The Hall–Kier alpha value is -0.960. The van der Waals surface area contributed by atoms with Gasteiger partial charge in [0, 0.05) is 16.5 Å². The van der Waals surface area contributed by atoms with E-state index in [9.17, 15) is 0 Å². The fourth-order valence-electron chi connectivity index (χ4n) is 2.30.